The number of carbonyl (C=O) groups is 2. The molecule has 1 aromatic heterocycles. The minimum atomic E-state index is -4.61. The average Bonchev–Trinajstić information content (AvgIpc) is 3.66. The molecule has 2 heterocycles. The number of nitrogens with zero attached hydrogens (tertiary/aromatic N) is 6. The Morgan fingerprint density at radius 1 is 1.04 bits per heavy atom. The van der Waals surface area contributed by atoms with Gasteiger partial charge < -0.3 is 10.5 Å². The number of esters is 1. The molecular weight excluding hydrogens is 733 g/mol. The lowest BCUT2D eigenvalue weighted by Gasteiger charge is -2.35. The van der Waals surface area contributed by atoms with Gasteiger partial charge in [0.1, 0.15) is 12.9 Å². The van der Waals surface area contributed by atoms with Crippen LogP contribution in [0.15, 0.2) is 78.0 Å². The zero-order chi connectivity index (χ0) is 39.2. The summed E-state index contributed by atoms with van der Waals surface area (Å²) >= 11 is 6.44. The molecule has 2 N–H and O–H groups in total. The van der Waals surface area contributed by atoms with Crippen molar-refractivity contribution in [3.63, 3.8) is 0 Å². The van der Waals surface area contributed by atoms with Crippen LogP contribution in [0.5, 0.6) is 0 Å². The van der Waals surface area contributed by atoms with Crippen LogP contribution in [-0.2, 0) is 19.9 Å². The van der Waals surface area contributed by atoms with E-state index in [2.05, 4.69) is 16.2 Å². The smallest absolute Gasteiger partial charge is 0.395 e. The number of amides is 1. The third kappa shape index (κ3) is 7.39. The van der Waals surface area contributed by atoms with Crippen LogP contribution in [0, 0.1) is 22.2 Å². The molecule has 6 rings (SSSR count). The lowest BCUT2D eigenvalue weighted by Crippen LogP contribution is -2.47. The molecule has 1 saturated carbocycles. The number of nitrogens with two attached hydrogens (primary N) is 1. The number of hydrogen-bond acceptors (Lipinski definition) is 8. The van der Waals surface area contributed by atoms with Gasteiger partial charge in [0, 0.05) is 0 Å². The molecule has 1 aliphatic heterocycles. The first kappa shape index (κ1) is 38.4. The molecule has 16 heteroatoms. The van der Waals surface area contributed by atoms with E-state index >= 15 is 0 Å². The second-order valence-corrected chi connectivity index (χ2v) is 15.1. The summed E-state index contributed by atoms with van der Waals surface area (Å²) in [6.45, 7) is 5.09. The monoisotopic (exact) mass is 767 g/mol. The van der Waals surface area contributed by atoms with Gasteiger partial charge in [0.25, 0.3) is 12.3 Å². The van der Waals surface area contributed by atoms with Crippen molar-refractivity contribution in [1.29, 1.82) is 5.26 Å². The van der Waals surface area contributed by atoms with Gasteiger partial charge in [-0.1, -0.05) is 74.8 Å². The molecule has 0 radical (unpaired) electrons. The predicted molar refractivity (Wildman–Crippen MR) is 188 cm³/mol. The topological polar surface area (TPSA) is 139 Å². The second kappa shape index (κ2) is 14.1. The minimum absolute atomic E-state index is 0.0124. The number of alkyl halides is 5. The maximum atomic E-state index is 15.0. The summed E-state index contributed by atoms with van der Waals surface area (Å²) in [7, 11) is 0. The predicted octanol–water partition coefficient (Wildman–Crippen LogP) is 8.20. The highest BCUT2D eigenvalue weighted by molar-refractivity contribution is 6.32. The van der Waals surface area contributed by atoms with Gasteiger partial charge in [-0.25, -0.2) is 23.4 Å². The molecule has 282 valence electrons. The van der Waals surface area contributed by atoms with Gasteiger partial charge in [0.2, 0.25) is 0 Å². The highest BCUT2D eigenvalue weighted by Crippen LogP contribution is 2.60. The standard InChI is InChI=1S/C38H35ClF5N7O3/c1-35(2,3)20-37(26-11-8-24(9-12-26)23-6-4-22(18-45)5-7-23)33(53)50(34(46)49-37)29(19-54-30(52)17-36(14-15-36)38(42,43)44)25-10-13-27(39)28(16-25)51-32(31(40)41)47-21-48-51/h4-13,16,21,29,31H,14-15,17,19-20H2,1-3H3,(H2,46,49)/t29-,37-/m1/s1. The molecule has 10 nitrogen and oxygen atoms in total. The quantitative estimate of drug-likeness (QED) is 0.120. The van der Waals surface area contributed by atoms with E-state index in [-0.39, 0.29) is 41.5 Å². The Balaban J connectivity index is 1.40. The molecule has 2 atom stereocenters. The molecule has 2 aliphatic rings. The van der Waals surface area contributed by atoms with Crippen LogP contribution >= 0.6 is 11.6 Å². The molecule has 3 aromatic carbocycles. The Labute approximate surface area is 312 Å². The van der Waals surface area contributed by atoms with Crippen molar-refractivity contribution in [2.24, 2.45) is 21.6 Å². The second-order valence-electron chi connectivity index (χ2n) is 14.7. The van der Waals surface area contributed by atoms with Gasteiger partial charge in [-0.05, 0) is 71.2 Å². The lowest BCUT2D eigenvalue weighted by atomic mass is 9.75. The number of nitriles is 1. The number of hydrogen-bond donors (Lipinski definition) is 1. The molecule has 1 fully saturated rings. The van der Waals surface area contributed by atoms with Crippen molar-refractivity contribution < 1.29 is 36.3 Å². The number of benzene rings is 3. The Morgan fingerprint density at radius 2 is 1.67 bits per heavy atom. The van der Waals surface area contributed by atoms with Gasteiger partial charge in [-0.3, -0.25) is 14.5 Å². The molecule has 1 aliphatic carbocycles. The minimum Gasteiger partial charge on any atom is -0.463 e. The van der Waals surface area contributed by atoms with Crippen LogP contribution in [0.4, 0.5) is 22.0 Å². The van der Waals surface area contributed by atoms with Gasteiger partial charge in [0.15, 0.2) is 17.3 Å². The fourth-order valence-corrected chi connectivity index (χ4v) is 6.96. The zero-order valence-corrected chi connectivity index (χ0v) is 30.1. The van der Waals surface area contributed by atoms with Crippen molar-refractivity contribution in [2.45, 2.75) is 70.6 Å². The number of aromatic nitrogens is 3. The fraction of sp³-hybridized carbons (Fsp3) is 0.368. The summed E-state index contributed by atoms with van der Waals surface area (Å²) in [6.07, 6.45) is -7.91. The molecule has 0 unspecified atom stereocenters. The Hall–Kier alpha value is -5.36. The van der Waals surface area contributed by atoms with E-state index in [1.54, 1.807) is 48.5 Å². The van der Waals surface area contributed by atoms with Crippen molar-refractivity contribution in [3.8, 4) is 22.9 Å². The van der Waals surface area contributed by atoms with E-state index < -0.39 is 65.7 Å². The Bertz CT molecular complexity index is 2140. The van der Waals surface area contributed by atoms with Crippen LogP contribution in [0.3, 0.4) is 0 Å². The molecular formula is C38H35ClF5N7O3. The van der Waals surface area contributed by atoms with Gasteiger partial charge in [-0.15, -0.1) is 0 Å². The van der Waals surface area contributed by atoms with E-state index in [1.165, 1.54) is 18.2 Å². The SMILES string of the molecule is CC(C)(C)C[C@]1(c2ccc(-c3ccc(C#N)cc3)cc2)N=C(N)N([C@H](COC(=O)CC2(C(F)(F)F)CC2)c2ccc(Cl)c(-n3ncnc3C(F)F)c2)C1=O. The van der Waals surface area contributed by atoms with E-state index in [0.717, 1.165) is 27.0 Å². The van der Waals surface area contributed by atoms with Crippen molar-refractivity contribution in [3.05, 3.63) is 101 Å². The zero-order valence-electron chi connectivity index (χ0n) is 29.4. The highest BCUT2D eigenvalue weighted by atomic mass is 35.5. The van der Waals surface area contributed by atoms with Crippen molar-refractivity contribution in [1.82, 2.24) is 19.7 Å². The number of ether oxygens (including phenoxy) is 1. The van der Waals surface area contributed by atoms with E-state index in [9.17, 15) is 36.8 Å². The summed E-state index contributed by atoms with van der Waals surface area (Å²) in [5, 5.41) is 13.1. The molecule has 0 saturated heterocycles. The number of guanidine groups is 1. The highest BCUT2D eigenvalue weighted by Gasteiger charge is 2.64. The number of halogens is 6. The fourth-order valence-electron chi connectivity index (χ4n) is 6.76. The number of carbonyl (C=O) groups excluding carboxylic acids is 2. The number of aliphatic imine (C=N–C) groups is 1. The summed E-state index contributed by atoms with van der Waals surface area (Å²) < 4.78 is 75.2. The summed E-state index contributed by atoms with van der Waals surface area (Å²) in [4.78, 5) is 37.4. The first-order valence-corrected chi connectivity index (χ1v) is 17.3. The molecule has 0 bridgehead atoms. The first-order chi connectivity index (χ1) is 25.4. The van der Waals surface area contributed by atoms with Gasteiger partial charge in [0.05, 0.1) is 40.2 Å². The largest absolute Gasteiger partial charge is 0.463 e. The lowest BCUT2D eigenvalue weighted by molar-refractivity contribution is -0.195. The van der Waals surface area contributed by atoms with Crippen LogP contribution < -0.4 is 5.73 Å². The molecule has 0 spiro atoms. The summed E-state index contributed by atoms with van der Waals surface area (Å²) in [5.74, 6) is -2.73. The van der Waals surface area contributed by atoms with E-state index in [0.29, 0.717) is 11.1 Å². The summed E-state index contributed by atoms with van der Waals surface area (Å²) in [5.41, 5.74) is 5.05. The van der Waals surface area contributed by atoms with Crippen molar-refractivity contribution in [2.75, 3.05) is 6.61 Å². The van der Waals surface area contributed by atoms with E-state index in [1.807, 2.05) is 20.8 Å². The molecule has 4 aromatic rings. The average molecular weight is 768 g/mol. The van der Waals surface area contributed by atoms with Gasteiger partial charge >= 0.3 is 12.1 Å². The maximum absolute atomic E-state index is 15.0. The van der Waals surface area contributed by atoms with Gasteiger partial charge in [-0.2, -0.15) is 23.5 Å². The van der Waals surface area contributed by atoms with E-state index in [4.69, 9.17) is 27.1 Å². The van der Waals surface area contributed by atoms with Crippen molar-refractivity contribution >= 4 is 29.4 Å². The van der Waals surface area contributed by atoms with Crippen LogP contribution in [0.2, 0.25) is 5.02 Å². The van der Waals surface area contributed by atoms with Crippen LogP contribution in [0.25, 0.3) is 16.8 Å². The molecule has 54 heavy (non-hydrogen) atoms. The number of rotatable bonds is 11. The Kier molecular flexibility index (Phi) is 10.0. The maximum Gasteiger partial charge on any atom is 0.395 e. The normalized spacial score (nSPS) is 18.7. The van der Waals surface area contributed by atoms with Crippen LogP contribution in [0.1, 0.15) is 81.4 Å². The molecule has 1 amide bonds. The van der Waals surface area contributed by atoms with Crippen LogP contribution in [-0.4, -0.2) is 50.3 Å². The third-order valence-corrected chi connectivity index (χ3v) is 9.94. The Morgan fingerprint density at radius 3 is 2.22 bits per heavy atom. The first-order valence-electron chi connectivity index (χ1n) is 16.9. The summed E-state index contributed by atoms with van der Waals surface area (Å²) in [6, 6.07) is 19.0. The third-order valence-electron chi connectivity index (χ3n) is 9.62.